The third-order valence-corrected chi connectivity index (χ3v) is 5.60. The summed E-state index contributed by atoms with van der Waals surface area (Å²) in [5.74, 6) is -0.517. The highest BCUT2D eigenvalue weighted by Crippen LogP contribution is 2.34. The van der Waals surface area contributed by atoms with Gasteiger partial charge in [-0.25, -0.2) is 4.39 Å². The molecule has 0 atom stereocenters. The van der Waals surface area contributed by atoms with E-state index in [0.717, 1.165) is 22.7 Å². The number of nitrogens with one attached hydrogen (secondary N) is 1. The number of halogens is 1. The molecule has 0 bridgehead atoms. The SMILES string of the molecule is CCOc1ccc(/C=C2\SC(=O)N(CCNC(=O)c3ccc(OC)c(F)c3)C2=O)cc1OC. The molecule has 3 amide bonds. The van der Waals surface area contributed by atoms with Gasteiger partial charge in [-0.3, -0.25) is 19.3 Å². The monoisotopic (exact) mass is 474 g/mol. The van der Waals surface area contributed by atoms with E-state index in [0.29, 0.717) is 23.7 Å². The lowest BCUT2D eigenvalue weighted by atomic mass is 10.2. The number of benzene rings is 2. The predicted molar refractivity (Wildman–Crippen MR) is 122 cm³/mol. The molecule has 2 aromatic carbocycles. The second kappa shape index (κ2) is 10.9. The predicted octanol–water partition coefficient (Wildman–Crippen LogP) is 3.71. The second-order valence-electron chi connectivity index (χ2n) is 6.78. The molecule has 174 valence electrons. The zero-order valence-electron chi connectivity index (χ0n) is 18.3. The van der Waals surface area contributed by atoms with Crippen molar-refractivity contribution in [1.82, 2.24) is 10.2 Å². The van der Waals surface area contributed by atoms with Crippen LogP contribution in [0.2, 0.25) is 0 Å². The number of methoxy groups -OCH3 is 2. The number of rotatable bonds is 9. The molecule has 0 radical (unpaired) electrons. The van der Waals surface area contributed by atoms with Gasteiger partial charge in [0, 0.05) is 18.7 Å². The fourth-order valence-corrected chi connectivity index (χ4v) is 3.95. The minimum atomic E-state index is -0.660. The minimum Gasteiger partial charge on any atom is -0.494 e. The first-order valence-electron chi connectivity index (χ1n) is 10.1. The van der Waals surface area contributed by atoms with E-state index in [4.69, 9.17) is 14.2 Å². The molecule has 8 nitrogen and oxygen atoms in total. The van der Waals surface area contributed by atoms with E-state index in [2.05, 4.69) is 5.32 Å². The summed E-state index contributed by atoms with van der Waals surface area (Å²) in [5, 5.41) is 2.14. The Morgan fingerprint density at radius 3 is 2.48 bits per heavy atom. The Morgan fingerprint density at radius 2 is 1.82 bits per heavy atom. The van der Waals surface area contributed by atoms with Gasteiger partial charge in [0.1, 0.15) is 0 Å². The largest absolute Gasteiger partial charge is 0.494 e. The molecular formula is C23H23FN2O6S. The van der Waals surface area contributed by atoms with E-state index >= 15 is 0 Å². The van der Waals surface area contributed by atoms with Crippen LogP contribution in [0.1, 0.15) is 22.8 Å². The number of ether oxygens (including phenoxy) is 3. The summed E-state index contributed by atoms with van der Waals surface area (Å²) in [5.41, 5.74) is 0.780. The summed E-state index contributed by atoms with van der Waals surface area (Å²) in [7, 11) is 2.85. The fraction of sp³-hybridized carbons (Fsp3) is 0.261. The van der Waals surface area contributed by atoms with Crippen LogP contribution >= 0.6 is 11.8 Å². The number of carbonyl (C=O) groups is 3. The van der Waals surface area contributed by atoms with E-state index in [1.165, 1.54) is 26.4 Å². The smallest absolute Gasteiger partial charge is 0.293 e. The highest BCUT2D eigenvalue weighted by Gasteiger charge is 2.34. The molecule has 1 aliphatic heterocycles. The third kappa shape index (κ3) is 5.64. The van der Waals surface area contributed by atoms with Crippen LogP contribution in [0.15, 0.2) is 41.3 Å². The van der Waals surface area contributed by atoms with Gasteiger partial charge in [-0.1, -0.05) is 6.07 Å². The molecular weight excluding hydrogens is 451 g/mol. The minimum absolute atomic E-state index is 0.0149. The molecule has 10 heteroatoms. The van der Waals surface area contributed by atoms with Gasteiger partial charge in [0.25, 0.3) is 17.1 Å². The Balaban J connectivity index is 1.62. The maximum Gasteiger partial charge on any atom is 0.293 e. The summed E-state index contributed by atoms with van der Waals surface area (Å²) in [6.45, 7) is 2.35. The van der Waals surface area contributed by atoms with Gasteiger partial charge in [-0.2, -0.15) is 0 Å². The number of hydrogen-bond acceptors (Lipinski definition) is 7. The Kier molecular flexibility index (Phi) is 7.94. The number of imide groups is 1. The van der Waals surface area contributed by atoms with Crippen molar-refractivity contribution in [3.05, 3.63) is 58.2 Å². The molecule has 1 aliphatic rings. The van der Waals surface area contributed by atoms with Gasteiger partial charge in [-0.05, 0) is 60.7 Å². The van der Waals surface area contributed by atoms with Crippen molar-refractivity contribution in [2.45, 2.75) is 6.92 Å². The van der Waals surface area contributed by atoms with Crippen LogP contribution in [0.3, 0.4) is 0 Å². The maximum atomic E-state index is 13.8. The molecule has 0 aliphatic carbocycles. The van der Waals surface area contributed by atoms with Crippen molar-refractivity contribution in [1.29, 1.82) is 0 Å². The molecule has 1 saturated heterocycles. The number of nitrogens with zero attached hydrogens (tertiary/aromatic N) is 1. The molecule has 0 saturated carbocycles. The van der Waals surface area contributed by atoms with Gasteiger partial charge in [0.2, 0.25) is 0 Å². The van der Waals surface area contributed by atoms with Crippen LogP contribution in [0.4, 0.5) is 9.18 Å². The third-order valence-electron chi connectivity index (χ3n) is 4.69. The number of hydrogen-bond donors (Lipinski definition) is 1. The Morgan fingerprint density at radius 1 is 1.09 bits per heavy atom. The Labute approximate surface area is 194 Å². The first-order chi connectivity index (χ1) is 15.9. The van der Waals surface area contributed by atoms with Gasteiger partial charge in [0.15, 0.2) is 23.1 Å². The highest BCUT2D eigenvalue weighted by atomic mass is 32.2. The first-order valence-corrected chi connectivity index (χ1v) is 10.9. The summed E-state index contributed by atoms with van der Waals surface area (Å²) >= 11 is 0.816. The van der Waals surface area contributed by atoms with Crippen LogP contribution in [-0.4, -0.2) is 55.9 Å². The molecule has 0 spiro atoms. The molecule has 1 heterocycles. The summed E-state index contributed by atoms with van der Waals surface area (Å²) in [6, 6.07) is 9.04. The van der Waals surface area contributed by atoms with Crippen molar-refractivity contribution in [2.75, 3.05) is 33.9 Å². The lowest BCUT2D eigenvalue weighted by molar-refractivity contribution is -0.122. The molecule has 0 aromatic heterocycles. The van der Waals surface area contributed by atoms with E-state index in [1.807, 2.05) is 6.92 Å². The quantitative estimate of drug-likeness (QED) is 0.554. The number of amides is 3. The van der Waals surface area contributed by atoms with Gasteiger partial charge < -0.3 is 19.5 Å². The van der Waals surface area contributed by atoms with Crippen LogP contribution in [-0.2, 0) is 4.79 Å². The van der Waals surface area contributed by atoms with Crippen molar-refractivity contribution < 1.29 is 33.0 Å². The summed E-state index contributed by atoms with van der Waals surface area (Å²) in [4.78, 5) is 38.5. The summed E-state index contributed by atoms with van der Waals surface area (Å²) < 4.78 is 29.4. The van der Waals surface area contributed by atoms with Crippen molar-refractivity contribution in [3.8, 4) is 17.2 Å². The average Bonchev–Trinajstić information content (AvgIpc) is 3.07. The van der Waals surface area contributed by atoms with Crippen LogP contribution < -0.4 is 19.5 Å². The van der Waals surface area contributed by atoms with Crippen molar-refractivity contribution in [2.24, 2.45) is 0 Å². The maximum absolute atomic E-state index is 13.8. The second-order valence-corrected chi connectivity index (χ2v) is 7.78. The van der Waals surface area contributed by atoms with E-state index in [9.17, 15) is 18.8 Å². The Hall–Kier alpha value is -3.53. The normalized spacial score (nSPS) is 14.5. The first kappa shape index (κ1) is 24.1. The lowest BCUT2D eigenvalue weighted by Crippen LogP contribution is -2.37. The van der Waals surface area contributed by atoms with E-state index < -0.39 is 22.9 Å². The molecule has 1 fully saturated rings. The highest BCUT2D eigenvalue weighted by molar-refractivity contribution is 8.18. The van der Waals surface area contributed by atoms with E-state index in [-0.39, 0.29) is 29.3 Å². The van der Waals surface area contributed by atoms with Crippen LogP contribution in [0, 0.1) is 5.82 Å². The Bertz CT molecular complexity index is 1100. The molecule has 1 N–H and O–H groups in total. The summed E-state index contributed by atoms with van der Waals surface area (Å²) in [6.07, 6.45) is 1.60. The van der Waals surface area contributed by atoms with E-state index in [1.54, 1.807) is 24.3 Å². The van der Waals surface area contributed by atoms with Gasteiger partial charge in [0.05, 0.1) is 25.7 Å². The zero-order chi connectivity index (χ0) is 24.0. The topological polar surface area (TPSA) is 94.2 Å². The lowest BCUT2D eigenvalue weighted by Gasteiger charge is -2.13. The van der Waals surface area contributed by atoms with Crippen molar-refractivity contribution in [3.63, 3.8) is 0 Å². The molecule has 33 heavy (non-hydrogen) atoms. The fourth-order valence-electron chi connectivity index (χ4n) is 3.08. The van der Waals surface area contributed by atoms with Crippen LogP contribution in [0.25, 0.3) is 6.08 Å². The van der Waals surface area contributed by atoms with Crippen LogP contribution in [0.5, 0.6) is 17.2 Å². The zero-order valence-corrected chi connectivity index (χ0v) is 19.2. The standard InChI is InChI=1S/C23H23FN2O6S/c1-4-32-18-7-5-14(11-19(18)31-3)12-20-22(28)26(23(29)33-20)10-9-25-21(27)15-6-8-17(30-2)16(24)13-15/h5-8,11-13H,4,9-10H2,1-3H3,(H,25,27)/b20-12-. The number of carbonyl (C=O) groups excluding carboxylic acids is 3. The van der Waals surface area contributed by atoms with Gasteiger partial charge >= 0.3 is 0 Å². The molecule has 0 unspecified atom stereocenters. The molecule has 3 rings (SSSR count). The molecule has 2 aromatic rings. The van der Waals surface area contributed by atoms with Crippen molar-refractivity contribution >= 4 is 34.9 Å². The van der Waals surface area contributed by atoms with Gasteiger partial charge in [-0.15, -0.1) is 0 Å². The average molecular weight is 475 g/mol. The number of thioether (sulfide) groups is 1.